The molecule has 3 nitrogen and oxygen atoms in total. The Balaban J connectivity index is 0.000000485. The minimum Gasteiger partial charge on any atom is -0.508 e. The molecule has 0 saturated heterocycles. The van der Waals surface area contributed by atoms with Crippen molar-refractivity contribution in [3.05, 3.63) is 29.3 Å². The molecule has 0 bridgehead atoms. The maximum absolute atomic E-state index is 12.3. The van der Waals surface area contributed by atoms with E-state index >= 15 is 0 Å². The van der Waals surface area contributed by atoms with E-state index in [-0.39, 0.29) is 5.41 Å². The molecule has 2 fully saturated rings. The van der Waals surface area contributed by atoms with Gasteiger partial charge in [-0.15, -0.1) is 0 Å². The zero-order valence-electron chi connectivity index (χ0n) is 14.5. The lowest BCUT2D eigenvalue weighted by molar-refractivity contribution is -0.129. The Bertz CT molecular complexity index is 604. The molecule has 1 aromatic rings. The van der Waals surface area contributed by atoms with Gasteiger partial charge in [-0.3, -0.25) is 4.79 Å². The van der Waals surface area contributed by atoms with E-state index in [1.165, 1.54) is 17.5 Å². The first-order valence-electron chi connectivity index (χ1n) is 8.76. The van der Waals surface area contributed by atoms with Crippen LogP contribution < -0.4 is 0 Å². The topological polar surface area (TPSA) is 46.5 Å². The highest BCUT2D eigenvalue weighted by Gasteiger charge is 2.54. The molecule has 126 valence electrons. The third-order valence-corrected chi connectivity index (χ3v) is 6.42. The van der Waals surface area contributed by atoms with Crippen LogP contribution in [-0.2, 0) is 15.3 Å². The molecule has 3 aliphatic rings. The number of benzene rings is 1. The van der Waals surface area contributed by atoms with Crippen molar-refractivity contribution in [3.63, 3.8) is 0 Å². The van der Waals surface area contributed by atoms with Gasteiger partial charge >= 0.3 is 0 Å². The lowest BCUT2D eigenvalue weighted by Crippen LogP contribution is -2.42. The average Bonchev–Trinajstić information content (AvgIpc) is 2.83. The Hall–Kier alpha value is -0.916. The van der Waals surface area contributed by atoms with Gasteiger partial charge in [-0.2, -0.15) is 0 Å². The highest BCUT2D eigenvalue weighted by Crippen LogP contribution is 2.59. The zero-order chi connectivity index (χ0) is 16.6. The molecule has 2 saturated carbocycles. The van der Waals surface area contributed by atoms with Crippen LogP contribution in [0.25, 0.3) is 0 Å². The van der Waals surface area contributed by atoms with Gasteiger partial charge in [0.2, 0.25) is 0 Å². The Kier molecular flexibility index (Phi) is 4.81. The van der Waals surface area contributed by atoms with Crippen molar-refractivity contribution >= 4 is 26.8 Å². The van der Waals surface area contributed by atoms with Gasteiger partial charge < -0.3 is 9.22 Å². The molecule has 0 heterocycles. The molecule has 3 aliphatic carbocycles. The number of phenolic OH excluding ortho intramolecular Hbond substituents is 1. The van der Waals surface area contributed by atoms with Crippen LogP contribution in [0.3, 0.4) is 0 Å². The summed E-state index contributed by atoms with van der Waals surface area (Å²) in [5, 5.41) is 9.67. The molecule has 5 heteroatoms. The molecule has 23 heavy (non-hydrogen) atoms. The summed E-state index contributed by atoms with van der Waals surface area (Å²) in [6, 6.07) is 5.90. The predicted molar refractivity (Wildman–Crippen MR) is 98.7 cm³/mol. The Morgan fingerprint density at radius 3 is 2.70 bits per heavy atom. The van der Waals surface area contributed by atoms with Crippen molar-refractivity contribution in [3.8, 4) is 5.75 Å². The number of Topliss-reactive ketones (excluding diaryl/α,β-unsaturated/α-hetero) is 1. The number of hydrogen-bond acceptors (Lipinski definition) is 3. The van der Waals surface area contributed by atoms with E-state index in [1.807, 2.05) is 12.1 Å². The van der Waals surface area contributed by atoms with Crippen molar-refractivity contribution in [2.24, 2.45) is 17.3 Å². The smallest absolute Gasteiger partial charge is 0.139 e. The van der Waals surface area contributed by atoms with Gasteiger partial charge in [-0.25, -0.2) is 0 Å². The van der Waals surface area contributed by atoms with Crippen molar-refractivity contribution in [2.75, 3.05) is 0 Å². The summed E-state index contributed by atoms with van der Waals surface area (Å²) in [7, 11) is 1.86. The monoisotopic (exact) mass is 348 g/mol. The number of fused-ring (bicyclic) bond motifs is 5. The van der Waals surface area contributed by atoms with Gasteiger partial charge in [0.1, 0.15) is 32.5 Å². The predicted octanol–water partition coefficient (Wildman–Crippen LogP) is 1.38. The summed E-state index contributed by atoms with van der Waals surface area (Å²) < 4.78 is 4.53. The summed E-state index contributed by atoms with van der Waals surface area (Å²) >= 11 is 0. The Labute approximate surface area is 144 Å². The van der Waals surface area contributed by atoms with Crippen LogP contribution in [-0.4, -0.2) is 31.9 Å². The second-order valence-electron chi connectivity index (χ2n) is 7.62. The van der Waals surface area contributed by atoms with Crippen LogP contribution in [0, 0.1) is 17.3 Å². The van der Waals surface area contributed by atoms with Gasteiger partial charge in [-0.05, 0) is 73.1 Å². The highest BCUT2D eigenvalue weighted by molar-refractivity contribution is 6.15. The van der Waals surface area contributed by atoms with E-state index in [9.17, 15) is 9.90 Å². The lowest BCUT2D eigenvalue weighted by atomic mass is 9.55. The normalized spacial score (nSPS) is 35.0. The maximum atomic E-state index is 12.3. The highest BCUT2D eigenvalue weighted by atomic mass is 28.3. The van der Waals surface area contributed by atoms with E-state index in [0.717, 1.165) is 53.1 Å². The maximum Gasteiger partial charge on any atom is 0.139 e. The summed E-state index contributed by atoms with van der Waals surface area (Å²) in [6.45, 7) is 2.22. The largest absolute Gasteiger partial charge is 0.508 e. The summed E-state index contributed by atoms with van der Waals surface area (Å²) in [6.07, 6.45) is 6.34. The third kappa shape index (κ3) is 2.83. The minimum atomic E-state index is -0.0322. The van der Waals surface area contributed by atoms with Gasteiger partial charge in [-0.1, -0.05) is 13.0 Å². The molecule has 0 aromatic heterocycles. The van der Waals surface area contributed by atoms with E-state index in [0.29, 0.717) is 29.3 Å². The molecule has 1 N–H and O–H groups in total. The van der Waals surface area contributed by atoms with Crippen molar-refractivity contribution < 1.29 is 14.0 Å². The summed E-state index contributed by atoms with van der Waals surface area (Å²) in [5.74, 6) is 2.78. The average molecular weight is 349 g/mol. The second-order valence-corrected chi connectivity index (χ2v) is 10.9. The lowest BCUT2D eigenvalue weighted by Gasteiger charge is -2.48. The fraction of sp³-hybridized carbons (Fsp3) is 0.611. The molecule has 0 amide bonds. The number of ketones is 1. The molecule has 0 aliphatic heterocycles. The first kappa shape index (κ1) is 16.9. The fourth-order valence-corrected chi connectivity index (χ4v) is 5.34. The third-order valence-electron chi connectivity index (χ3n) is 6.42. The first-order chi connectivity index (χ1) is 11.0. The molecule has 0 spiro atoms. The molecular weight excluding hydrogens is 320 g/mol. The molecule has 0 unspecified atom stereocenters. The molecule has 1 aromatic carbocycles. The standard InChI is InChI=1S/C18H22O2.H6OSi2/c1-18-9-8-14-13-5-3-12(19)10-11(13)2-4-15(14)16(18)6-7-17(18)20;2-1-3/h3,5,10,14-16,19H,2,4,6-9H2,1H3;2-3H3/t14-,15-,16+,18+;/m1./s1. The zero-order valence-corrected chi connectivity index (χ0v) is 18.5. The summed E-state index contributed by atoms with van der Waals surface area (Å²) in [4.78, 5) is 12.3. The number of rotatable bonds is 0. The number of hydrogen-bond donors (Lipinski definition) is 1. The number of phenols is 1. The van der Waals surface area contributed by atoms with E-state index in [1.54, 1.807) is 0 Å². The van der Waals surface area contributed by atoms with Gasteiger partial charge in [0.05, 0.1) is 0 Å². The van der Waals surface area contributed by atoms with Gasteiger partial charge in [0.15, 0.2) is 0 Å². The molecular formula is C18H28O3Si2. The molecule has 4 atom stereocenters. The van der Waals surface area contributed by atoms with Crippen LogP contribution in [0.1, 0.15) is 56.1 Å². The van der Waals surface area contributed by atoms with Crippen molar-refractivity contribution in [1.82, 2.24) is 0 Å². The van der Waals surface area contributed by atoms with Crippen LogP contribution >= 0.6 is 0 Å². The second kappa shape index (κ2) is 6.53. The molecule has 4 rings (SSSR count). The summed E-state index contributed by atoms with van der Waals surface area (Å²) in [5.41, 5.74) is 2.75. The van der Waals surface area contributed by atoms with Crippen molar-refractivity contribution in [1.29, 1.82) is 0 Å². The number of aromatic hydroxyl groups is 1. The number of carbonyl (C=O) groups is 1. The van der Waals surface area contributed by atoms with Crippen LogP contribution in [0.5, 0.6) is 5.75 Å². The van der Waals surface area contributed by atoms with Crippen LogP contribution in [0.2, 0.25) is 0 Å². The van der Waals surface area contributed by atoms with Gasteiger partial charge in [0, 0.05) is 11.8 Å². The van der Waals surface area contributed by atoms with Crippen molar-refractivity contribution in [2.45, 2.75) is 51.4 Å². The van der Waals surface area contributed by atoms with Crippen LogP contribution in [0.15, 0.2) is 18.2 Å². The quantitative estimate of drug-likeness (QED) is 0.721. The number of aryl methyl sites for hydroxylation is 1. The van der Waals surface area contributed by atoms with E-state index in [4.69, 9.17) is 0 Å². The van der Waals surface area contributed by atoms with E-state index < -0.39 is 0 Å². The minimum absolute atomic E-state index is 0.0322. The fourth-order valence-electron chi connectivity index (χ4n) is 5.34. The SMILES string of the molecule is C[C@]12CC[C@@H]3c4ccc(O)cc4CC[C@H]3[C@@H]1CCC2=O.[SiH3]O[SiH3]. The van der Waals surface area contributed by atoms with E-state index in [2.05, 4.69) is 17.1 Å². The number of carbonyl (C=O) groups excluding carboxylic acids is 1. The molecule has 0 radical (unpaired) electrons. The van der Waals surface area contributed by atoms with Crippen LogP contribution in [0.4, 0.5) is 0 Å². The Morgan fingerprint density at radius 1 is 1.22 bits per heavy atom. The first-order valence-corrected chi connectivity index (χ1v) is 10.4. The Morgan fingerprint density at radius 2 is 1.96 bits per heavy atom. The van der Waals surface area contributed by atoms with Gasteiger partial charge in [0.25, 0.3) is 0 Å².